The number of nitrogen functional groups attached to an aromatic ring is 1. The van der Waals surface area contributed by atoms with E-state index in [1.54, 1.807) is 0 Å². The van der Waals surface area contributed by atoms with Crippen LogP contribution in [0, 0.1) is 0 Å². The van der Waals surface area contributed by atoms with Gasteiger partial charge in [-0.05, 0) is 43.5 Å². The highest BCUT2D eigenvalue weighted by molar-refractivity contribution is 5.98. The standard InChI is InChI=1S/C38H49N15O13/c1-42-31(60)25(15-27(57)58)51-34(63)23(11-14-55)49-32(61)21(3-2-12-43-37(39)40)48-33(62)22(10-13-54)47-26(56)9-8-24(36(65)66)50-30(59)18-4-6-19(7-5-18)44-16-20-17-45-29-28(46-20)35(64)53-38(41)52-29/h4-7,13-14,17,21-25,44H,2-3,8-12,15-16H2,1H3,(H,42,60)(H,47,56)(H,48,62)(H,49,61)(H,50,59)(H,51,63)(H,57,58)(H,65,66)(H4,39,40,43)(H3,41,45,52,53,64)/t21-,22-,23-,24-,25?/m0/s1. The third kappa shape index (κ3) is 16.6. The van der Waals surface area contributed by atoms with E-state index in [-0.39, 0.29) is 67.1 Å². The lowest BCUT2D eigenvalue weighted by atomic mass is 10.1. The lowest BCUT2D eigenvalue weighted by molar-refractivity contribution is -0.141. The maximum absolute atomic E-state index is 13.5. The van der Waals surface area contributed by atoms with Crippen LogP contribution in [0.3, 0.4) is 0 Å². The summed E-state index contributed by atoms with van der Waals surface area (Å²) in [5, 5.41) is 35.6. The molecule has 0 aliphatic rings. The predicted octanol–water partition coefficient (Wildman–Crippen LogP) is -4.74. The summed E-state index contributed by atoms with van der Waals surface area (Å²) in [4.78, 5) is 155. The topological polar surface area (TPSA) is 457 Å². The van der Waals surface area contributed by atoms with Gasteiger partial charge < -0.3 is 74.2 Å². The minimum atomic E-state index is -1.66. The van der Waals surface area contributed by atoms with E-state index in [9.17, 15) is 57.8 Å². The maximum Gasteiger partial charge on any atom is 0.326 e. The number of aliphatic imine (C=N–C) groups is 1. The molecule has 0 aliphatic carbocycles. The third-order valence-corrected chi connectivity index (χ3v) is 9.16. The molecule has 0 spiro atoms. The van der Waals surface area contributed by atoms with Crippen LogP contribution in [0.25, 0.3) is 11.2 Å². The molecule has 6 amide bonds. The number of likely N-dealkylation sites (N-methyl/N-ethyl adjacent to an activating group) is 1. The molecule has 1 aromatic carbocycles. The second-order valence-electron chi connectivity index (χ2n) is 14.1. The van der Waals surface area contributed by atoms with Crippen molar-refractivity contribution in [2.45, 2.75) is 81.7 Å². The van der Waals surface area contributed by atoms with Crippen molar-refractivity contribution in [2.75, 3.05) is 24.6 Å². The van der Waals surface area contributed by atoms with E-state index in [1.165, 1.54) is 37.5 Å². The summed E-state index contributed by atoms with van der Waals surface area (Å²) in [6.07, 6.45) is -1.34. The molecule has 66 heavy (non-hydrogen) atoms. The minimum absolute atomic E-state index is 0.0156. The van der Waals surface area contributed by atoms with Crippen molar-refractivity contribution in [1.29, 1.82) is 0 Å². The molecule has 1 unspecified atom stereocenters. The molecule has 0 radical (unpaired) electrons. The highest BCUT2D eigenvalue weighted by atomic mass is 16.4. The molecule has 28 nitrogen and oxygen atoms in total. The van der Waals surface area contributed by atoms with Gasteiger partial charge in [-0.1, -0.05) is 0 Å². The SMILES string of the molecule is CNC(=O)C(CC(=O)O)NC(=O)[C@H](CC=O)NC(=O)[C@H](CCCN=C(N)N)NC(=O)[C@H](CC=O)NC(=O)CC[C@H](NC(=O)c1ccc(NCc2cnc3nc(N)[nH]c(=O)c3n2)cc1)C(=O)O. The summed E-state index contributed by atoms with van der Waals surface area (Å²) in [5.41, 5.74) is 16.7. The number of nitrogens with one attached hydrogen (secondary N) is 8. The van der Waals surface area contributed by atoms with Crippen LogP contribution < -0.4 is 60.0 Å². The molecule has 2 aromatic heterocycles. The molecule has 0 bridgehead atoms. The monoisotopic (exact) mass is 923 g/mol. The molecule has 5 atom stereocenters. The number of benzene rings is 1. The number of anilines is 2. The van der Waals surface area contributed by atoms with Gasteiger partial charge in [-0.25, -0.2) is 14.8 Å². The number of rotatable bonds is 27. The number of nitrogens with zero attached hydrogens (tertiary/aromatic N) is 4. The fourth-order valence-electron chi connectivity index (χ4n) is 5.83. The first-order valence-electron chi connectivity index (χ1n) is 19.8. The zero-order chi connectivity index (χ0) is 48.9. The molecular formula is C38H49N15O13. The van der Waals surface area contributed by atoms with E-state index in [0.29, 0.717) is 11.4 Å². The van der Waals surface area contributed by atoms with E-state index in [1.807, 2.05) is 0 Å². The van der Waals surface area contributed by atoms with Crippen molar-refractivity contribution in [1.82, 2.24) is 51.8 Å². The van der Waals surface area contributed by atoms with Crippen molar-refractivity contribution >= 4 is 88.7 Å². The zero-order valence-electron chi connectivity index (χ0n) is 35.2. The number of hydrogen-bond donors (Lipinski definition) is 13. The first kappa shape index (κ1) is 51.8. The Morgan fingerprint density at radius 1 is 0.788 bits per heavy atom. The number of aromatic nitrogens is 4. The summed E-state index contributed by atoms with van der Waals surface area (Å²) in [5.74, 6) is -9.17. The predicted molar refractivity (Wildman–Crippen MR) is 230 cm³/mol. The van der Waals surface area contributed by atoms with Gasteiger partial charge in [-0.15, -0.1) is 0 Å². The van der Waals surface area contributed by atoms with Crippen molar-refractivity contribution in [3.05, 3.63) is 52.1 Å². The first-order chi connectivity index (χ1) is 31.3. The number of hydrogen-bond acceptors (Lipinski definition) is 17. The molecule has 3 rings (SSSR count). The van der Waals surface area contributed by atoms with E-state index < -0.39 is 115 Å². The van der Waals surface area contributed by atoms with Gasteiger partial charge in [-0.2, -0.15) is 4.98 Å². The number of aromatic amines is 1. The van der Waals surface area contributed by atoms with Crippen LogP contribution in [-0.4, -0.2) is 140 Å². The number of aliphatic carboxylic acids is 2. The van der Waals surface area contributed by atoms with Gasteiger partial charge in [0.05, 0.1) is 24.9 Å². The summed E-state index contributed by atoms with van der Waals surface area (Å²) in [6, 6.07) is -2.13. The van der Waals surface area contributed by atoms with E-state index in [0.717, 1.165) is 0 Å². The number of carboxylic acids is 2. The van der Waals surface area contributed by atoms with Gasteiger partial charge in [0, 0.05) is 44.1 Å². The fourth-order valence-corrected chi connectivity index (χ4v) is 5.83. The number of carboxylic acid groups (broad SMARTS) is 2. The Bertz CT molecular complexity index is 2370. The molecule has 3 aromatic rings. The summed E-state index contributed by atoms with van der Waals surface area (Å²) >= 11 is 0. The zero-order valence-corrected chi connectivity index (χ0v) is 35.2. The Balaban J connectivity index is 1.64. The Kier molecular flexibility index (Phi) is 20.0. The Morgan fingerprint density at radius 2 is 1.39 bits per heavy atom. The van der Waals surface area contributed by atoms with Crippen LogP contribution in [0.1, 0.15) is 61.0 Å². The van der Waals surface area contributed by atoms with Crippen LogP contribution in [0.4, 0.5) is 11.6 Å². The molecule has 0 saturated heterocycles. The van der Waals surface area contributed by atoms with Gasteiger partial charge in [0.15, 0.2) is 17.1 Å². The number of H-pyrrole nitrogens is 1. The van der Waals surface area contributed by atoms with Gasteiger partial charge >= 0.3 is 11.9 Å². The number of carbonyl (C=O) groups excluding carboxylic acids is 8. The number of nitrogens with two attached hydrogens (primary N) is 3. The average molecular weight is 924 g/mol. The lowest BCUT2D eigenvalue weighted by Crippen LogP contribution is -2.58. The maximum atomic E-state index is 13.5. The van der Waals surface area contributed by atoms with Crippen molar-refractivity contribution in [3.8, 4) is 0 Å². The second-order valence-corrected chi connectivity index (χ2v) is 14.1. The molecule has 0 saturated carbocycles. The third-order valence-electron chi connectivity index (χ3n) is 9.16. The molecule has 0 fully saturated rings. The van der Waals surface area contributed by atoms with Crippen molar-refractivity contribution in [2.24, 2.45) is 16.5 Å². The van der Waals surface area contributed by atoms with Gasteiger partial charge in [0.2, 0.25) is 35.5 Å². The number of aldehydes is 2. The van der Waals surface area contributed by atoms with Gasteiger partial charge in [-0.3, -0.25) is 48.3 Å². The Labute approximate surface area is 373 Å². The van der Waals surface area contributed by atoms with Gasteiger partial charge in [0.25, 0.3) is 11.5 Å². The first-order valence-corrected chi connectivity index (χ1v) is 19.8. The largest absolute Gasteiger partial charge is 0.481 e. The van der Waals surface area contributed by atoms with E-state index in [4.69, 9.17) is 22.3 Å². The van der Waals surface area contributed by atoms with E-state index in [2.05, 4.69) is 62.1 Å². The highest BCUT2D eigenvalue weighted by Crippen LogP contribution is 2.13. The van der Waals surface area contributed by atoms with Gasteiger partial charge in [0.1, 0.15) is 42.8 Å². The van der Waals surface area contributed by atoms with Crippen LogP contribution in [-0.2, 0) is 49.7 Å². The molecule has 2 heterocycles. The average Bonchev–Trinajstić information content (AvgIpc) is 3.26. The van der Waals surface area contributed by atoms with E-state index >= 15 is 0 Å². The summed E-state index contributed by atoms with van der Waals surface area (Å²) < 4.78 is 0. The molecule has 16 N–H and O–H groups in total. The van der Waals surface area contributed by atoms with Crippen LogP contribution in [0.5, 0.6) is 0 Å². The van der Waals surface area contributed by atoms with Crippen LogP contribution in [0.15, 0.2) is 40.2 Å². The van der Waals surface area contributed by atoms with Crippen molar-refractivity contribution < 1.29 is 58.2 Å². The Hall–Kier alpha value is -8.59. The second kappa shape index (κ2) is 25.5. The van der Waals surface area contributed by atoms with Crippen LogP contribution in [0.2, 0.25) is 0 Å². The lowest BCUT2D eigenvalue weighted by Gasteiger charge is -2.25. The molecule has 0 aliphatic heterocycles. The molecule has 354 valence electrons. The minimum Gasteiger partial charge on any atom is -0.481 e. The van der Waals surface area contributed by atoms with Crippen molar-refractivity contribution in [3.63, 3.8) is 0 Å². The number of guanidine groups is 1. The normalized spacial score (nSPS) is 12.9. The molecular weight excluding hydrogens is 875 g/mol. The number of fused-ring (bicyclic) bond motifs is 1. The number of carbonyl (C=O) groups is 10. The fraction of sp³-hybridized carbons (Fsp3) is 0.395. The summed E-state index contributed by atoms with van der Waals surface area (Å²) in [7, 11) is 1.19. The molecule has 28 heteroatoms. The number of amides is 6. The van der Waals surface area contributed by atoms with Crippen LogP contribution >= 0.6 is 0 Å². The summed E-state index contributed by atoms with van der Waals surface area (Å²) in [6.45, 7) is 0.0860. The Morgan fingerprint density at radius 3 is 1.98 bits per heavy atom. The quantitative estimate of drug-likeness (QED) is 0.0148. The smallest absolute Gasteiger partial charge is 0.326 e. The highest BCUT2D eigenvalue weighted by Gasteiger charge is 2.32.